The summed E-state index contributed by atoms with van der Waals surface area (Å²) in [5.74, 6) is 0.664. The lowest BCUT2D eigenvalue weighted by molar-refractivity contribution is 0.627. The van der Waals surface area contributed by atoms with Gasteiger partial charge in [0.15, 0.2) is 0 Å². The van der Waals surface area contributed by atoms with E-state index in [2.05, 4.69) is 16.1 Å². The van der Waals surface area contributed by atoms with Gasteiger partial charge in [-0.1, -0.05) is 24.3 Å². The van der Waals surface area contributed by atoms with Gasteiger partial charge in [-0.25, -0.2) is 9.37 Å². The van der Waals surface area contributed by atoms with Crippen molar-refractivity contribution in [1.29, 1.82) is 0 Å². The normalized spacial score (nSPS) is 10.9. The minimum atomic E-state index is -0.234. The van der Waals surface area contributed by atoms with Gasteiger partial charge in [0, 0.05) is 13.0 Å². The summed E-state index contributed by atoms with van der Waals surface area (Å²) in [5.41, 5.74) is 9.46. The molecule has 1 aromatic heterocycles. The van der Waals surface area contributed by atoms with Crippen molar-refractivity contribution in [2.45, 2.75) is 13.0 Å². The van der Waals surface area contributed by atoms with Crippen molar-refractivity contribution in [3.63, 3.8) is 0 Å². The maximum Gasteiger partial charge on any atom is 0.123 e. The monoisotopic (exact) mass is 281 g/mol. The van der Waals surface area contributed by atoms with Gasteiger partial charge in [-0.3, -0.25) is 0 Å². The topological polar surface area (TPSA) is 43.8 Å². The molecular weight excluding hydrogens is 265 g/mol. The second-order valence-electron chi connectivity index (χ2n) is 4.95. The molecule has 2 N–H and O–H groups in total. The molecule has 3 rings (SSSR count). The third-order valence-electron chi connectivity index (χ3n) is 3.48. The fourth-order valence-electron chi connectivity index (χ4n) is 2.47. The first-order valence-corrected chi connectivity index (χ1v) is 6.78. The second-order valence-corrected chi connectivity index (χ2v) is 4.95. The fourth-order valence-corrected chi connectivity index (χ4v) is 2.47. The molecule has 21 heavy (non-hydrogen) atoms. The van der Waals surface area contributed by atoms with E-state index in [4.69, 9.17) is 5.73 Å². The maximum absolute atomic E-state index is 13.0. The Labute approximate surface area is 122 Å². The van der Waals surface area contributed by atoms with E-state index in [1.165, 1.54) is 12.1 Å². The zero-order valence-corrected chi connectivity index (χ0v) is 11.6. The molecule has 106 valence electrons. The number of aromatic nitrogens is 2. The molecule has 2 aromatic carbocycles. The van der Waals surface area contributed by atoms with E-state index in [1.54, 1.807) is 12.1 Å². The lowest BCUT2D eigenvalue weighted by atomic mass is 10.1. The summed E-state index contributed by atoms with van der Waals surface area (Å²) in [6.45, 7) is 4.46. The predicted octanol–water partition coefficient (Wildman–Crippen LogP) is 3.53. The van der Waals surface area contributed by atoms with E-state index in [1.807, 2.05) is 24.3 Å². The van der Waals surface area contributed by atoms with Gasteiger partial charge in [0.2, 0.25) is 0 Å². The van der Waals surface area contributed by atoms with E-state index in [0.29, 0.717) is 18.7 Å². The van der Waals surface area contributed by atoms with Gasteiger partial charge < -0.3 is 10.3 Å². The van der Waals surface area contributed by atoms with Gasteiger partial charge in [0.1, 0.15) is 17.2 Å². The van der Waals surface area contributed by atoms with E-state index in [-0.39, 0.29) is 5.82 Å². The molecule has 0 atom stereocenters. The summed E-state index contributed by atoms with van der Waals surface area (Å²) < 4.78 is 15.1. The molecule has 0 aliphatic rings. The molecule has 0 bridgehead atoms. The first-order valence-electron chi connectivity index (χ1n) is 6.78. The van der Waals surface area contributed by atoms with Gasteiger partial charge in [-0.2, -0.15) is 0 Å². The third-order valence-corrected chi connectivity index (χ3v) is 3.48. The molecule has 0 amide bonds. The summed E-state index contributed by atoms with van der Waals surface area (Å²) in [7, 11) is 0. The average Bonchev–Trinajstić information content (AvgIpc) is 2.82. The van der Waals surface area contributed by atoms with Crippen LogP contribution in [0.3, 0.4) is 0 Å². The zero-order valence-electron chi connectivity index (χ0n) is 11.6. The number of para-hydroxylation sites is 1. The number of hydrogen-bond acceptors (Lipinski definition) is 2. The number of halogens is 1. The van der Waals surface area contributed by atoms with Gasteiger partial charge in [-0.15, -0.1) is 6.58 Å². The molecule has 0 saturated heterocycles. The SMILES string of the molecule is C=CCn1c(Cc2ccc(F)cc2)nc2c(N)cccc21. The van der Waals surface area contributed by atoms with Crippen LogP contribution in [0.5, 0.6) is 0 Å². The highest BCUT2D eigenvalue weighted by molar-refractivity contribution is 5.87. The first-order chi connectivity index (χ1) is 10.2. The highest BCUT2D eigenvalue weighted by atomic mass is 19.1. The van der Waals surface area contributed by atoms with Crippen molar-refractivity contribution in [2.24, 2.45) is 0 Å². The molecule has 4 heteroatoms. The van der Waals surface area contributed by atoms with Gasteiger partial charge in [-0.05, 0) is 29.8 Å². The van der Waals surface area contributed by atoms with Crippen LogP contribution in [0.1, 0.15) is 11.4 Å². The smallest absolute Gasteiger partial charge is 0.123 e. The van der Waals surface area contributed by atoms with Gasteiger partial charge in [0.05, 0.1) is 11.2 Å². The molecule has 0 radical (unpaired) electrons. The van der Waals surface area contributed by atoms with Crippen LogP contribution in [0.15, 0.2) is 55.1 Å². The molecule has 0 saturated carbocycles. The number of nitrogens with two attached hydrogens (primary N) is 1. The molecule has 0 unspecified atom stereocenters. The first kappa shape index (κ1) is 13.4. The van der Waals surface area contributed by atoms with E-state index >= 15 is 0 Å². The minimum Gasteiger partial charge on any atom is -0.397 e. The van der Waals surface area contributed by atoms with Gasteiger partial charge >= 0.3 is 0 Å². The zero-order chi connectivity index (χ0) is 14.8. The Bertz CT molecular complexity index is 788. The summed E-state index contributed by atoms with van der Waals surface area (Å²) in [5, 5.41) is 0. The highest BCUT2D eigenvalue weighted by Crippen LogP contribution is 2.23. The lowest BCUT2D eigenvalue weighted by Gasteiger charge is -2.06. The molecule has 1 heterocycles. The quantitative estimate of drug-likeness (QED) is 0.587. The van der Waals surface area contributed by atoms with Crippen LogP contribution in [-0.2, 0) is 13.0 Å². The Hall–Kier alpha value is -2.62. The number of benzene rings is 2. The Morgan fingerprint density at radius 3 is 2.67 bits per heavy atom. The molecule has 0 spiro atoms. The largest absolute Gasteiger partial charge is 0.397 e. The van der Waals surface area contributed by atoms with E-state index < -0.39 is 0 Å². The number of anilines is 1. The number of rotatable bonds is 4. The number of hydrogen-bond donors (Lipinski definition) is 1. The molecule has 0 aliphatic heterocycles. The second kappa shape index (κ2) is 5.40. The molecule has 3 nitrogen and oxygen atoms in total. The third kappa shape index (κ3) is 2.52. The molecule has 0 aliphatic carbocycles. The van der Waals surface area contributed by atoms with Crippen LogP contribution in [0.4, 0.5) is 10.1 Å². The van der Waals surface area contributed by atoms with Crippen molar-refractivity contribution < 1.29 is 4.39 Å². The number of fused-ring (bicyclic) bond motifs is 1. The fraction of sp³-hybridized carbons (Fsp3) is 0.118. The predicted molar refractivity (Wildman–Crippen MR) is 83.5 cm³/mol. The number of imidazole rings is 1. The van der Waals surface area contributed by atoms with Crippen LogP contribution in [0, 0.1) is 5.82 Å². The van der Waals surface area contributed by atoms with Gasteiger partial charge in [0.25, 0.3) is 0 Å². The standard InChI is InChI=1S/C17H16FN3/c1-2-10-21-15-5-3-4-14(19)17(15)20-16(21)11-12-6-8-13(18)9-7-12/h2-9H,1,10-11,19H2. The Kier molecular flexibility index (Phi) is 3.44. The number of allylic oxidation sites excluding steroid dienone is 1. The summed E-state index contributed by atoms with van der Waals surface area (Å²) >= 11 is 0. The van der Waals surface area contributed by atoms with Crippen molar-refractivity contribution in [3.8, 4) is 0 Å². The highest BCUT2D eigenvalue weighted by Gasteiger charge is 2.12. The van der Waals surface area contributed by atoms with Crippen LogP contribution in [0.25, 0.3) is 11.0 Å². The van der Waals surface area contributed by atoms with Crippen molar-refractivity contribution in [2.75, 3.05) is 5.73 Å². The Balaban J connectivity index is 2.08. The lowest BCUT2D eigenvalue weighted by Crippen LogP contribution is -2.03. The molecule has 3 aromatic rings. The maximum atomic E-state index is 13.0. The summed E-state index contributed by atoms with van der Waals surface area (Å²) in [6.07, 6.45) is 2.46. The Morgan fingerprint density at radius 2 is 1.95 bits per heavy atom. The molecular formula is C17H16FN3. The van der Waals surface area contributed by atoms with Crippen molar-refractivity contribution in [1.82, 2.24) is 9.55 Å². The number of nitrogens with zero attached hydrogens (tertiary/aromatic N) is 2. The van der Waals surface area contributed by atoms with Crippen molar-refractivity contribution in [3.05, 3.63) is 72.3 Å². The van der Waals surface area contributed by atoms with Crippen LogP contribution in [0.2, 0.25) is 0 Å². The van der Waals surface area contributed by atoms with E-state index in [0.717, 1.165) is 22.4 Å². The van der Waals surface area contributed by atoms with Crippen LogP contribution >= 0.6 is 0 Å². The average molecular weight is 281 g/mol. The summed E-state index contributed by atoms with van der Waals surface area (Å²) in [6, 6.07) is 12.2. The van der Waals surface area contributed by atoms with Crippen LogP contribution < -0.4 is 5.73 Å². The number of nitrogen functional groups attached to an aromatic ring is 1. The van der Waals surface area contributed by atoms with Crippen molar-refractivity contribution >= 4 is 16.7 Å². The van der Waals surface area contributed by atoms with Crippen LogP contribution in [-0.4, -0.2) is 9.55 Å². The molecule has 0 fully saturated rings. The van der Waals surface area contributed by atoms with E-state index in [9.17, 15) is 4.39 Å². The summed E-state index contributed by atoms with van der Waals surface area (Å²) in [4.78, 5) is 4.64. The minimum absolute atomic E-state index is 0.234. The Morgan fingerprint density at radius 1 is 1.19 bits per heavy atom.